The van der Waals surface area contributed by atoms with Crippen molar-refractivity contribution in [1.82, 2.24) is 25.6 Å². The van der Waals surface area contributed by atoms with E-state index in [9.17, 15) is 18.8 Å². The fourth-order valence-corrected chi connectivity index (χ4v) is 4.24. The molecule has 0 aliphatic heterocycles. The Hall–Kier alpha value is -5.00. The molecule has 0 saturated carbocycles. The summed E-state index contributed by atoms with van der Waals surface area (Å²) in [7, 11) is 0. The molecule has 0 aliphatic rings. The van der Waals surface area contributed by atoms with Crippen LogP contribution in [0.25, 0.3) is 33.4 Å². The number of urea groups is 1. The molecule has 4 rings (SSSR count). The van der Waals surface area contributed by atoms with Gasteiger partial charge in [0.15, 0.2) is 0 Å². The van der Waals surface area contributed by atoms with Crippen LogP contribution in [-0.2, 0) is 9.53 Å². The number of rotatable bonds is 9. The van der Waals surface area contributed by atoms with Crippen molar-refractivity contribution >= 4 is 34.9 Å². The third kappa shape index (κ3) is 7.78. The number of anilines is 1. The van der Waals surface area contributed by atoms with Crippen LogP contribution < -0.4 is 21.7 Å². The van der Waals surface area contributed by atoms with E-state index in [1.54, 1.807) is 51.4 Å². The first-order valence-electron chi connectivity index (χ1n) is 13.0. The second-order valence-electron chi connectivity index (χ2n) is 10.3. The molecule has 4 aromatic rings. The number of primary amides is 1. The summed E-state index contributed by atoms with van der Waals surface area (Å²) in [4.78, 5) is 48.7. The summed E-state index contributed by atoms with van der Waals surface area (Å²) in [5.41, 5.74) is 8.07. The zero-order valence-electron chi connectivity index (χ0n) is 23.0. The first kappa shape index (κ1) is 29.0. The third-order valence-corrected chi connectivity index (χ3v) is 5.99. The van der Waals surface area contributed by atoms with E-state index >= 15 is 0 Å². The van der Waals surface area contributed by atoms with Crippen LogP contribution >= 0.6 is 0 Å². The fraction of sp³-hybridized carbons (Fsp3) is 0.276. The summed E-state index contributed by atoms with van der Waals surface area (Å²) < 4.78 is 18.9. The van der Waals surface area contributed by atoms with Crippen LogP contribution in [-0.4, -0.2) is 51.2 Å². The molecule has 1 aromatic carbocycles. The molecule has 0 spiro atoms. The molecule has 6 N–H and O–H groups in total. The number of hydrogen-bond acceptors (Lipinski definition) is 6. The van der Waals surface area contributed by atoms with Gasteiger partial charge in [0, 0.05) is 29.9 Å². The second-order valence-corrected chi connectivity index (χ2v) is 10.3. The number of amides is 4. The molecule has 3 aromatic heterocycles. The van der Waals surface area contributed by atoms with Gasteiger partial charge in [0.1, 0.15) is 28.9 Å². The van der Waals surface area contributed by atoms with E-state index in [2.05, 4.69) is 30.9 Å². The van der Waals surface area contributed by atoms with Gasteiger partial charge >= 0.3 is 12.1 Å². The van der Waals surface area contributed by atoms with Crippen LogP contribution in [0.1, 0.15) is 33.6 Å². The zero-order chi connectivity index (χ0) is 29.6. The van der Waals surface area contributed by atoms with E-state index in [1.165, 1.54) is 12.1 Å². The number of H-pyrrole nitrogens is 1. The lowest BCUT2D eigenvalue weighted by molar-refractivity contribution is -0.118. The molecular weight excluding hydrogens is 529 g/mol. The molecule has 214 valence electrons. The molecule has 1 atom stereocenters. The third-order valence-electron chi connectivity index (χ3n) is 5.99. The van der Waals surface area contributed by atoms with E-state index in [0.717, 1.165) is 27.8 Å². The van der Waals surface area contributed by atoms with E-state index in [1.807, 2.05) is 18.2 Å². The highest BCUT2D eigenvalue weighted by atomic mass is 19.1. The van der Waals surface area contributed by atoms with Gasteiger partial charge in [-0.05, 0) is 93.3 Å². The average Bonchev–Trinajstić information content (AvgIpc) is 3.29. The molecule has 3 heterocycles. The van der Waals surface area contributed by atoms with Gasteiger partial charge in [0.25, 0.3) is 0 Å². The van der Waals surface area contributed by atoms with Crippen molar-refractivity contribution in [3.63, 3.8) is 0 Å². The lowest BCUT2D eigenvalue weighted by Crippen LogP contribution is -2.46. The Balaban J connectivity index is 1.61. The van der Waals surface area contributed by atoms with E-state index in [0.29, 0.717) is 12.1 Å². The van der Waals surface area contributed by atoms with E-state index in [-0.39, 0.29) is 24.6 Å². The average molecular weight is 562 g/mol. The maximum absolute atomic E-state index is 13.6. The fourth-order valence-electron chi connectivity index (χ4n) is 4.24. The maximum Gasteiger partial charge on any atom is 0.408 e. The molecule has 0 unspecified atom stereocenters. The Kier molecular flexibility index (Phi) is 8.81. The lowest BCUT2D eigenvalue weighted by Gasteiger charge is -2.23. The SMILES string of the molecule is CC(C)(C)OC(=O)N[C@@H](CCCNC(N)=O)C(=O)Nc1ccc2c(-c3ccncc3)c(-c3ccc(F)cc3)[nH]c2n1. The number of aromatic amines is 1. The molecule has 4 amide bonds. The van der Waals surface area contributed by atoms with E-state index in [4.69, 9.17) is 10.5 Å². The number of nitrogens with zero attached hydrogens (tertiary/aromatic N) is 2. The standard InChI is InChI=1S/C29H32FN7O4/c1-29(2,3)41-28(40)34-21(5-4-14-33-27(31)39)26(38)36-22-11-10-20-23(17-12-15-32-16-13-17)24(37-25(20)35-22)18-6-8-19(30)9-7-18/h6-13,15-16,21H,4-5,14H2,1-3H3,(H,34,40)(H3,31,33,39)(H2,35,36,37,38)/t21-/m0/s1. The molecule has 0 fully saturated rings. The van der Waals surface area contributed by atoms with Crippen molar-refractivity contribution < 1.29 is 23.5 Å². The van der Waals surface area contributed by atoms with Crippen LogP contribution in [0.5, 0.6) is 0 Å². The maximum atomic E-state index is 13.6. The van der Waals surface area contributed by atoms with Crippen LogP contribution in [0.4, 0.5) is 19.8 Å². The highest BCUT2D eigenvalue weighted by Crippen LogP contribution is 2.38. The lowest BCUT2D eigenvalue weighted by atomic mass is 10.00. The molecule has 11 nitrogen and oxygen atoms in total. The number of aromatic nitrogens is 3. The first-order chi connectivity index (χ1) is 19.5. The Morgan fingerprint density at radius 3 is 2.39 bits per heavy atom. The Labute approximate surface area is 236 Å². The molecule has 0 radical (unpaired) electrons. The number of pyridine rings is 2. The number of alkyl carbamates (subject to hydrolysis) is 1. The number of ether oxygens (including phenoxy) is 1. The zero-order valence-corrected chi connectivity index (χ0v) is 23.0. The van der Waals surface area contributed by atoms with Gasteiger partial charge in [-0.2, -0.15) is 0 Å². The van der Waals surface area contributed by atoms with Gasteiger partial charge in [0.05, 0.1) is 5.69 Å². The monoisotopic (exact) mass is 561 g/mol. The Morgan fingerprint density at radius 2 is 1.73 bits per heavy atom. The Bertz CT molecular complexity index is 1530. The molecule has 41 heavy (non-hydrogen) atoms. The summed E-state index contributed by atoms with van der Waals surface area (Å²) in [6.07, 6.45) is 3.19. The second kappa shape index (κ2) is 12.5. The molecule has 12 heteroatoms. The van der Waals surface area contributed by atoms with Gasteiger partial charge < -0.3 is 31.4 Å². The minimum atomic E-state index is -0.970. The van der Waals surface area contributed by atoms with Crippen molar-refractivity contribution in [2.45, 2.75) is 45.3 Å². The molecule has 0 aliphatic carbocycles. The summed E-state index contributed by atoms with van der Waals surface area (Å²) in [5.74, 6) is -0.609. The molecular formula is C29H32FN7O4. The number of benzene rings is 1. The quantitative estimate of drug-likeness (QED) is 0.186. The van der Waals surface area contributed by atoms with Gasteiger partial charge in [-0.3, -0.25) is 9.78 Å². The van der Waals surface area contributed by atoms with Crippen LogP contribution in [0.15, 0.2) is 60.9 Å². The number of halogens is 1. The predicted molar refractivity (Wildman–Crippen MR) is 153 cm³/mol. The summed E-state index contributed by atoms with van der Waals surface area (Å²) in [6, 6.07) is 11.7. The first-order valence-corrected chi connectivity index (χ1v) is 13.0. The van der Waals surface area contributed by atoms with Crippen molar-refractivity contribution in [2.75, 3.05) is 11.9 Å². The molecule has 0 bridgehead atoms. The van der Waals surface area contributed by atoms with Crippen LogP contribution in [0, 0.1) is 5.82 Å². The smallest absolute Gasteiger partial charge is 0.408 e. The number of carbonyl (C=O) groups is 3. The highest BCUT2D eigenvalue weighted by Gasteiger charge is 2.25. The number of fused-ring (bicyclic) bond motifs is 1. The highest BCUT2D eigenvalue weighted by molar-refractivity contribution is 6.03. The summed E-state index contributed by atoms with van der Waals surface area (Å²) in [5, 5.41) is 8.59. The summed E-state index contributed by atoms with van der Waals surface area (Å²) in [6.45, 7) is 5.38. The number of carbonyl (C=O) groups excluding carboxylic acids is 3. The number of hydrogen-bond donors (Lipinski definition) is 5. The van der Waals surface area contributed by atoms with Gasteiger partial charge in [-0.15, -0.1) is 0 Å². The van der Waals surface area contributed by atoms with Gasteiger partial charge in [0.2, 0.25) is 5.91 Å². The van der Waals surface area contributed by atoms with Crippen molar-refractivity contribution in [3.8, 4) is 22.4 Å². The van der Waals surface area contributed by atoms with Crippen molar-refractivity contribution in [1.29, 1.82) is 0 Å². The summed E-state index contributed by atoms with van der Waals surface area (Å²) >= 11 is 0. The minimum Gasteiger partial charge on any atom is -0.444 e. The van der Waals surface area contributed by atoms with Gasteiger partial charge in [-0.1, -0.05) is 0 Å². The predicted octanol–water partition coefficient (Wildman–Crippen LogP) is 4.71. The van der Waals surface area contributed by atoms with Crippen molar-refractivity contribution in [3.05, 3.63) is 66.7 Å². The topological polar surface area (TPSA) is 164 Å². The Morgan fingerprint density at radius 1 is 1.02 bits per heavy atom. The normalized spacial score (nSPS) is 12.0. The largest absolute Gasteiger partial charge is 0.444 e. The van der Waals surface area contributed by atoms with Gasteiger partial charge in [-0.25, -0.2) is 19.0 Å². The van der Waals surface area contributed by atoms with E-state index < -0.39 is 29.7 Å². The van der Waals surface area contributed by atoms with Crippen molar-refractivity contribution in [2.24, 2.45) is 5.73 Å². The number of nitrogens with one attached hydrogen (secondary N) is 4. The molecule has 0 saturated heterocycles. The van der Waals surface area contributed by atoms with Crippen LogP contribution in [0.3, 0.4) is 0 Å². The number of nitrogens with two attached hydrogens (primary N) is 1. The minimum absolute atomic E-state index is 0.205. The van der Waals surface area contributed by atoms with Crippen LogP contribution in [0.2, 0.25) is 0 Å².